The zero-order valence-corrected chi connectivity index (χ0v) is 18.1. The fourth-order valence-corrected chi connectivity index (χ4v) is 4.91. The number of rotatable bonds is 7. The van der Waals surface area contributed by atoms with E-state index in [1.54, 1.807) is 5.69 Å². The SMILES string of the molecule is c1ccc(CNCCc2c3n(c4ccccc24)CCN(Cc2ccccc2)CC3)cc1. The van der Waals surface area contributed by atoms with Crippen molar-refractivity contribution in [2.45, 2.75) is 32.5 Å². The molecular weight excluding hydrogens is 378 g/mol. The smallest absolute Gasteiger partial charge is 0.0485 e. The molecule has 0 fully saturated rings. The minimum Gasteiger partial charge on any atom is -0.343 e. The molecule has 3 heteroatoms. The van der Waals surface area contributed by atoms with Crippen LogP contribution in [0.5, 0.6) is 0 Å². The largest absolute Gasteiger partial charge is 0.343 e. The Morgan fingerprint density at radius 1 is 0.710 bits per heavy atom. The predicted molar refractivity (Wildman–Crippen MR) is 129 cm³/mol. The Kier molecular flexibility index (Phi) is 6.15. The van der Waals surface area contributed by atoms with Crippen LogP contribution in [0.3, 0.4) is 0 Å². The molecule has 0 bridgehead atoms. The second-order valence-corrected chi connectivity index (χ2v) is 8.52. The van der Waals surface area contributed by atoms with Gasteiger partial charge in [0.1, 0.15) is 0 Å². The van der Waals surface area contributed by atoms with Crippen LogP contribution in [0.4, 0.5) is 0 Å². The molecule has 4 aromatic rings. The summed E-state index contributed by atoms with van der Waals surface area (Å²) < 4.78 is 2.59. The van der Waals surface area contributed by atoms with Gasteiger partial charge in [-0.15, -0.1) is 0 Å². The van der Waals surface area contributed by atoms with Crippen molar-refractivity contribution in [3.05, 3.63) is 107 Å². The van der Waals surface area contributed by atoms with E-state index in [-0.39, 0.29) is 0 Å². The summed E-state index contributed by atoms with van der Waals surface area (Å²) in [6.07, 6.45) is 2.20. The summed E-state index contributed by atoms with van der Waals surface area (Å²) in [5.74, 6) is 0. The first-order chi connectivity index (χ1) is 15.4. The lowest BCUT2D eigenvalue weighted by Gasteiger charge is -2.19. The second-order valence-electron chi connectivity index (χ2n) is 8.52. The highest BCUT2D eigenvalue weighted by molar-refractivity contribution is 5.85. The van der Waals surface area contributed by atoms with E-state index in [0.29, 0.717) is 0 Å². The van der Waals surface area contributed by atoms with Gasteiger partial charge < -0.3 is 9.88 Å². The second kappa shape index (κ2) is 9.51. The van der Waals surface area contributed by atoms with Gasteiger partial charge in [0, 0.05) is 55.7 Å². The number of nitrogens with one attached hydrogen (secondary N) is 1. The molecule has 3 nitrogen and oxygen atoms in total. The Morgan fingerprint density at radius 2 is 1.42 bits per heavy atom. The topological polar surface area (TPSA) is 20.2 Å². The molecule has 0 unspecified atom stereocenters. The highest BCUT2D eigenvalue weighted by Crippen LogP contribution is 2.29. The minimum atomic E-state index is 0.930. The normalized spacial score (nSPS) is 14.5. The fraction of sp³-hybridized carbons (Fsp3) is 0.286. The van der Waals surface area contributed by atoms with Crippen LogP contribution in [0.1, 0.15) is 22.4 Å². The van der Waals surface area contributed by atoms with E-state index in [0.717, 1.165) is 52.1 Å². The molecule has 0 radical (unpaired) electrons. The number of benzene rings is 3. The van der Waals surface area contributed by atoms with Gasteiger partial charge in [-0.2, -0.15) is 0 Å². The molecule has 3 aromatic carbocycles. The number of para-hydroxylation sites is 1. The Bertz CT molecular complexity index is 1100. The molecule has 1 N–H and O–H groups in total. The third kappa shape index (κ3) is 4.58. The van der Waals surface area contributed by atoms with E-state index in [9.17, 15) is 0 Å². The number of hydrogen-bond donors (Lipinski definition) is 1. The summed E-state index contributed by atoms with van der Waals surface area (Å²) in [6, 6.07) is 30.5. The third-order valence-electron chi connectivity index (χ3n) is 6.47. The van der Waals surface area contributed by atoms with Gasteiger partial charge >= 0.3 is 0 Å². The van der Waals surface area contributed by atoms with Gasteiger partial charge in [0.2, 0.25) is 0 Å². The fourth-order valence-electron chi connectivity index (χ4n) is 4.91. The van der Waals surface area contributed by atoms with Crippen molar-refractivity contribution < 1.29 is 0 Å². The molecule has 0 atom stereocenters. The van der Waals surface area contributed by atoms with Crippen LogP contribution in [0.25, 0.3) is 10.9 Å². The Labute approximate surface area is 185 Å². The summed E-state index contributed by atoms with van der Waals surface area (Å²) >= 11 is 0. The standard InChI is InChI=1S/C28H31N3/c1-3-9-23(10-4-1)21-29-17-15-26-25-13-7-8-14-27(25)31-20-19-30(18-16-28(26)31)22-24-11-5-2-6-12-24/h1-14,29H,15-22H2. The molecule has 31 heavy (non-hydrogen) atoms. The van der Waals surface area contributed by atoms with Gasteiger partial charge in [-0.25, -0.2) is 0 Å². The van der Waals surface area contributed by atoms with Gasteiger partial charge in [0.15, 0.2) is 0 Å². The molecule has 0 saturated heterocycles. The van der Waals surface area contributed by atoms with Crippen molar-refractivity contribution in [3.8, 4) is 0 Å². The van der Waals surface area contributed by atoms with Crippen molar-refractivity contribution in [1.82, 2.24) is 14.8 Å². The zero-order chi connectivity index (χ0) is 20.9. The molecule has 1 aliphatic heterocycles. The summed E-state index contributed by atoms with van der Waals surface area (Å²) in [7, 11) is 0. The van der Waals surface area contributed by atoms with Crippen molar-refractivity contribution in [3.63, 3.8) is 0 Å². The van der Waals surface area contributed by atoms with Crippen molar-refractivity contribution in [2.75, 3.05) is 19.6 Å². The molecule has 0 amide bonds. The van der Waals surface area contributed by atoms with Crippen LogP contribution in [0.15, 0.2) is 84.9 Å². The van der Waals surface area contributed by atoms with Crippen molar-refractivity contribution in [2.24, 2.45) is 0 Å². The van der Waals surface area contributed by atoms with E-state index in [1.165, 1.54) is 27.6 Å². The Morgan fingerprint density at radius 3 is 2.23 bits per heavy atom. The number of fused-ring (bicyclic) bond motifs is 3. The first-order valence-corrected chi connectivity index (χ1v) is 11.5. The van der Waals surface area contributed by atoms with Crippen molar-refractivity contribution >= 4 is 10.9 Å². The van der Waals surface area contributed by atoms with E-state index >= 15 is 0 Å². The van der Waals surface area contributed by atoms with Gasteiger partial charge in [0.25, 0.3) is 0 Å². The quantitative estimate of drug-likeness (QED) is 0.432. The van der Waals surface area contributed by atoms with Crippen LogP contribution < -0.4 is 5.32 Å². The van der Waals surface area contributed by atoms with Crippen LogP contribution in [0.2, 0.25) is 0 Å². The highest BCUT2D eigenvalue weighted by Gasteiger charge is 2.21. The van der Waals surface area contributed by atoms with E-state index in [2.05, 4.69) is 99.7 Å². The van der Waals surface area contributed by atoms with Crippen molar-refractivity contribution in [1.29, 1.82) is 0 Å². The lowest BCUT2D eigenvalue weighted by atomic mass is 10.1. The molecule has 5 rings (SSSR count). The minimum absolute atomic E-state index is 0.930. The molecule has 0 aliphatic carbocycles. The zero-order valence-electron chi connectivity index (χ0n) is 18.1. The van der Waals surface area contributed by atoms with E-state index in [1.807, 2.05) is 0 Å². The lowest BCUT2D eigenvalue weighted by molar-refractivity contribution is 0.272. The molecular formula is C28H31N3. The van der Waals surface area contributed by atoms with Crippen LogP contribution in [-0.4, -0.2) is 29.1 Å². The summed E-state index contributed by atoms with van der Waals surface area (Å²) in [5, 5.41) is 5.09. The summed E-state index contributed by atoms with van der Waals surface area (Å²) in [5.41, 5.74) is 7.23. The average Bonchev–Trinajstić information content (AvgIpc) is 2.96. The molecule has 1 aliphatic rings. The first-order valence-electron chi connectivity index (χ1n) is 11.5. The molecule has 2 heterocycles. The maximum absolute atomic E-state index is 3.65. The van der Waals surface area contributed by atoms with Crippen LogP contribution >= 0.6 is 0 Å². The third-order valence-corrected chi connectivity index (χ3v) is 6.47. The number of nitrogens with zero attached hydrogens (tertiary/aromatic N) is 2. The van der Waals surface area contributed by atoms with Gasteiger partial charge in [0.05, 0.1) is 0 Å². The molecule has 1 aromatic heterocycles. The maximum atomic E-state index is 3.65. The molecule has 158 valence electrons. The monoisotopic (exact) mass is 409 g/mol. The first kappa shape index (κ1) is 20.0. The average molecular weight is 410 g/mol. The van der Waals surface area contributed by atoms with Gasteiger partial charge in [-0.3, -0.25) is 4.90 Å². The van der Waals surface area contributed by atoms with E-state index < -0.39 is 0 Å². The highest BCUT2D eigenvalue weighted by atomic mass is 15.2. The number of aromatic nitrogens is 1. The Balaban J connectivity index is 1.31. The summed E-state index contributed by atoms with van der Waals surface area (Å²) in [4.78, 5) is 2.61. The lowest BCUT2D eigenvalue weighted by Crippen LogP contribution is -2.26. The van der Waals surface area contributed by atoms with Crippen LogP contribution in [-0.2, 0) is 32.5 Å². The summed E-state index contributed by atoms with van der Waals surface area (Å²) in [6.45, 7) is 6.27. The predicted octanol–water partition coefficient (Wildman–Crippen LogP) is 5.03. The number of hydrogen-bond acceptors (Lipinski definition) is 2. The van der Waals surface area contributed by atoms with Gasteiger partial charge in [-0.1, -0.05) is 78.9 Å². The maximum Gasteiger partial charge on any atom is 0.0485 e. The van der Waals surface area contributed by atoms with Gasteiger partial charge in [-0.05, 0) is 35.7 Å². The Hall–Kier alpha value is -2.88. The van der Waals surface area contributed by atoms with E-state index in [4.69, 9.17) is 0 Å². The molecule has 0 spiro atoms. The van der Waals surface area contributed by atoms with Crippen LogP contribution in [0, 0.1) is 0 Å². The molecule has 0 saturated carbocycles.